The summed E-state index contributed by atoms with van der Waals surface area (Å²) >= 11 is 0. The molecule has 0 aliphatic carbocycles. The Bertz CT molecular complexity index is 1210. The second-order valence-corrected chi connectivity index (χ2v) is 9.60. The highest BCUT2D eigenvalue weighted by atomic mass is 16.2. The van der Waals surface area contributed by atoms with Gasteiger partial charge in [0.2, 0.25) is 53.5 Å². The molecular weight excluding hydrogens is 556 g/mol. The van der Waals surface area contributed by atoms with E-state index >= 15 is 0 Å². The number of aliphatic hydroxyl groups is 1. The minimum Gasteiger partial charge on any atom is -0.396 e. The molecule has 3 rings (SSSR count). The van der Waals surface area contributed by atoms with Crippen molar-refractivity contribution in [2.24, 2.45) is 0 Å². The smallest absolute Gasteiger partial charge is 0.229 e. The van der Waals surface area contributed by atoms with E-state index in [1.165, 1.54) is 0 Å². The predicted octanol–water partition coefficient (Wildman–Crippen LogP) is 0.534. The highest BCUT2D eigenvalue weighted by molar-refractivity contribution is 5.41. The topological polar surface area (TPSA) is 300 Å². The lowest BCUT2D eigenvalue weighted by molar-refractivity contribution is 0.283. The zero-order chi connectivity index (χ0) is 30.7. The Morgan fingerprint density at radius 2 is 0.605 bits per heavy atom. The van der Waals surface area contributed by atoms with Gasteiger partial charge in [0.25, 0.3) is 0 Å². The highest BCUT2D eigenvalue weighted by Crippen LogP contribution is 2.10. The van der Waals surface area contributed by atoms with Gasteiger partial charge in [0.05, 0.1) is 0 Å². The quantitative estimate of drug-likeness (QED) is 0.0703. The molecule has 14 N–H and O–H groups in total. The third-order valence-corrected chi connectivity index (χ3v) is 5.93. The number of rotatable bonds is 22. The molecular formula is C24H44N18O. The number of hydrogen-bond donors (Lipinski definition) is 10. The molecule has 3 aromatic heterocycles. The third kappa shape index (κ3) is 13.6. The van der Waals surface area contributed by atoms with E-state index in [9.17, 15) is 0 Å². The molecule has 0 aliphatic heterocycles. The van der Waals surface area contributed by atoms with Crippen molar-refractivity contribution in [3.8, 4) is 0 Å². The van der Waals surface area contributed by atoms with Crippen molar-refractivity contribution in [3.63, 3.8) is 0 Å². The average molecular weight is 601 g/mol. The zero-order valence-corrected chi connectivity index (χ0v) is 24.4. The van der Waals surface area contributed by atoms with Crippen LogP contribution >= 0.6 is 0 Å². The van der Waals surface area contributed by atoms with Crippen molar-refractivity contribution < 1.29 is 5.11 Å². The number of nitrogens with zero attached hydrogens (tertiary/aromatic N) is 9. The zero-order valence-electron chi connectivity index (χ0n) is 24.4. The first-order valence-corrected chi connectivity index (χ1v) is 14.5. The van der Waals surface area contributed by atoms with E-state index in [0.717, 1.165) is 57.8 Å². The molecule has 0 saturated carbocycles. The van der Waals surface area contributed by atoms with E-state index < -0.39 is 0 Å². The fourth-order valence-corrected chi connectivity index (χ4v) is 3.86. The van der Waals surface area contributed by atoms with Crippen molar-refractivity contribution in [2.75, 3.05) is 88.8 Å². The first-order valence-electron chi connectivity index (χ1n) is 14.5. The second-order valence-electron chi connectivity index (χ2n) is 9.60. The maximum Gasteiger partial charge on any atom is 0.229 e. The van der Waals surface area contributed by atoms with E-state index in [-0.39, 0.29) is 30.4 Å². The number of hydrogen-bond acceptors (Lipinski definition) is 19. The van der Waals surface area contributed by atoms with Crippen molar-refractivity contribution in [1.82, 2.24) is 44.9 Å². The van der Waals surface area contributed by atoms with Crippen LogP contribution in [-0.4, -0.2) is 89.3 Å². The van der Waals surface area contributed by atoms with Gasteiger partial charge in [0, 0.05) is 39.3 Å². The number of aliphatic hydroxyl groups excluding tert-OH is 1. The summed E-state index contributed by atoms with van der Waals surface area (Å²) < 4.78 is 0. The molecule has 0 aromatic carbocycles. The van der Waals surface area contributed by atoms with Gasteiger partial charge >= 0.3 is 0 Å². The summed E-state index contributed by atoms with van der Waals surface area (Å²) in [6.07, 6.45) is 8.19. The van der Waals surface area contributed by atoms with Gasteiger partial charge in [-0.05, 0) is 57.8 Å². The Labute approximate surface area is 250 Å². The average Bonchev–Trinajstić information content (AvgIpc) is 2.95. The summed E-state index contributed by atoms with van der Waals surface area (Å²) in [4.78, 5) is 37.0. The Hall–Kier alpha value is -4.81. The molecule has 0 radical (unpaired) electrons. The highest BCUT2D eigenvalue weighted by Gasteiger charge is 2.06. The summed E-state index contributed by atoms with van der Waals surface area (Å²) in [5.74, 6) is 2.61. The van der Waals surface area contributed by atoms with Crippen LogP contribution in [0.15, 0.2) is 0 Å². The first-order chi connectivity index (χ1) is 20.9. The Morgan fingerprint density at radius 1 is 0.349 bits per heavy atom. The van der Waals surface area contributed by atoms with Crippen LogP contribution < -0.4 is 49.5 Å². The van der Waals surface area contributed by atoms with Gasteiger partial charge in [-0.25, -0.2) is 0 Å². The van der Waals surface area contributed by atoms with E-state index in [0.29, 0.717) is 62.5 Å². The number of nitrogens with two attached hydrogens (primary N) is 4. The summed E-state index contributed by atoms with van der Waals surface area (Å²) in [6.45, 7) is 3.67. The Kier molecular flexibility index (Phi) is 14.1. The first kappa shape index (κ1) is 32.7. The lowest BCUT2D eigenvalue weighted by atomic mass is 10.2. The molecule has 3 aromatic rings. The summed E-state index contributed by atoms with van der Waals surface area (Å²) in [6, 6.07) is 0. The van der Waals surface area contributed by atoms with Crippen LogP contribution in [0.5, 0.6) is 0 Å². The fourth-order valence-electron chi connectivity index (χ4n) is 3.86. The van der Waals surface area contributed by atoms with Crippen LogP contribution in [0.25, 0.3) is 0 Å². The minimum atomic E-state index is 0.0888. The SMILES string of the molecule is Nc1nc(N)nc(NCCCCCNc2nc(N)nc(NCCCCCNc3nc(N)nc(NCCCCCO)n3)n2)n1. The summed E-state index contributed by atoms with van der Waals surface area (Å²) in [5.41, 5.74) is 22.8. The predicted molar refractivity (Wildman–Crippen MR) is 168 cm³/mol. The van der Waals surface area contributed by atoms with Crippen molar-refractivity contribution in [3.05, 3.63) is 0 Å². The van der Waals surface area contributed by atoms with Gasteiger partial charge in [-0.15, -0.1) is 0 Å². The molecule has 19 heteroatoms. The molecule has 0 fully saturated rings. The van der Waals surface area contributed by atoms with Crippen LogP contribution in [0.2, 0.25) is 0 Å². The number of nitrogens with one attached hydrogen (secondary N) is 5. The van der Waals surface area contributed by atoms with Crippen LogP contribution in [0.4, 0.5) is 53.5 Å². The molecule has 236 valence electrons. The molecule has 0 atom stereocenters. The number of nitrogen functional groups attached to an aromatic ring is 4. The molecule has 43 heavy (non-hydrogen) atoms. The van der Waals surface area contributed by atoms with Crippen molar-refractivity contribution in [1.29, 1.82) is 0 Å². The third-order valence-electron chi connectivity index (χ3n) is 5.93. The van der Waals surface area contributed by atoms with Gasteiger partial charge in [-0.3, -0.25) is 0 Å². The normalized spacial score (nSPS) is 10.8. The lowest BCUT2D eigenvalue weighted by Crippen LogP contribution is -2.13. The largest absolute Gasteiger partial charge is 0.396 e. The van der Waals surface area contributed by atoms with Crippen LogP contribution in [-0.2, 0) is 0 Å². The number of aromatic nitrogens is 9. The maximum absolute atomic E-state index is 8.86. The number of anilines is 9. The molecule has 3 heterocycles. The summed E-state index contributed by atoms with van der Waals surface area (Å²) in [7, 11) is 0. The van der Waals surface area contributed by atoms with Crippen molar-refractivity contribution >= 4 is 53.5 Å². The van der Waals surface area contributed by atoms with E-state index in [2.05, 4.69) is 71.4 Å². The minimum absolute atomic E-state index is 0.0888. The molecule has 19 nitrogen and oxygen atoms in total. The lowest BCUT2D eigenvalue weighted by Gasteiger charge is -2.10. The Balaban J connectivity index is 1.25. The maximum atomic E-state index is 8.86. The van der Waals surface area contributed by atoms with Gasteiger partial charge in [-0.1, -0.05) is 0 Å². The molecule has 0 unspecified atom stereocenters. The van der Waals surface area contributed by atoms with Crippen LogP contribution in [0, 0.1) is 0 Å². The second kappa shape index (κ2) is 18.6. The van der Waals surface area contributed by atoms with E-state index in [4.69, 9.17) is 28.0 Å². The molecule has 0 amide bonds. The van der Waals surface area contributed by atoms with Gasteiger partial charge in [-0.2, -0.15) is 44.9 Å². The standard InChI is InChI=1S/C24H44N18O/c25-16-34-17(26)36-20(35-16)29-10-4-1-5-11-30-21-37-18(27)38-22(41-21)31-12-6-2-7-13-32-23-39-19(28)40-24(42-23)33-14-8-3-9-15-43/h43H,1-15H2,(H5,25,26,29,34,35,36)(H4,27,30,31,37,38,41)(H4,28,32,33,39,40,42). The Morgan fingerprint density at radius 3 is 0.907 bits per heavy atom. The summed E-state index contributed by atoms with van der Waals surface area (Å²) in [5, 5.41) is 24.7. The van der Waals surface area contributed by atoms with Gasteiger partial charge < -0.3 is 54.6 Å². The van der Waals surface area contributed by atoms with Crippen molar-refractivity contribution in [2.45, 2.75) is 57.8 Å². The molecule has 0 bridgehead atoms. The van der Waals surface area contributed by atoms with Gasteiger partial charge in [0.1, 0.15) is 0 Å². The monoisotopic (exact) mass is 600 g/mol. The van der Waals surface area contributed by atoms with Crippen LogP contribution in [0.1, 0.15) is 57.8 Å². The number of unbranched alkanes of at least 4 members (excludes halogenated alkanes) is 6. The molecule has 0 spiro atoms. The molecule has 0 aliphatic rings. The fraction of sp³-hybridized carbons (Fsp3) is 0.625. The van der Waals surface area contributed by atoms with Gasteiger partial charge in [0.15, 0.2) is 0 Å². The van der Waals surface area contributed by atoms with E-state index in [1.54, 1.807) is 0 Å². The van der Waals surface area contributed by atoms with Crippen LogP contribution in [0.3, 0.4) is 0 Å². The molecule has 0 saturated heterocycles. The van der Waals surface area contributed by atoms with E-state index in [1.807, 2.05) is 0 Å².